The van der Waals surface area contributed by atoms with Crippen LogP contribution in [0, 0.1) is 0 Å². The van der Waals surface area contributed by atoms with Crippen LogP contribution in [-0.2, 0) is 0 Å². The van der Waals surface area contributed by atoms with Gasteiger partial charge in [0.1, 0.15) is 11.5 Å². The third-order valence-electron chi connectivity index (χ3n) is 8.07. The molecule has 6 rings (SSSR count). The molecule has 0 bridgehead atoms. The van der Waals surface area contributed by atoms with E-state index in [1.165, 1.54) is 49.9 Å². The second-order valence-electron chi connectivity index (χ2n) is 10.0. The summed E-state index contributed by atoms with van der Waals surface area (Å²) in [6.07, 6.45) is 2.75. The molecule has 2 unspecified atom stereocenters. The average molecular weight is 581 g/mol. The lowest BCUT2D eigenvalue weighted by molar-refractivity contribution is -0.258. The van der Waals surface area contributed by atoms with Gasteiger partial charge in [0.2, 0.25) is 0 Å². The van der Waals surface area contributed by atoms with Gasteiger partial charge >= 0.3 is 17.8 Å². The molecule has 0 aromatic heterocycles. The maximum atomic E-state index is 15.5. The SMILES string of the molecule is COc1ccc(C2=CC3=C4C(=C5C=C(c6ccc(OC)cc6)SC5(C)C3(C)S2)C(F)(F)C(F)(F)C4(F)F)cc1. The summed E-state index contributed by atoms with van der Waals surface area (Å²) in [4.78, 5) is 1.05. The zero-order chi connectivity index (χ0) is 28.2. The topological polar surface area (TPSA) is 18.5 Å². The zero-order valence-electron chi connectivity index (χ0n) is 21.2. The Morgan fingerprint density at radius 1 is 0.564 bits per heavy atom. The highest BCUT2D eigenvalue weighted by atomic mass is 32.2. The molecule has 2 atom stereocenters. The van der Waals surface area contributed by atoms with Gasteiger partial charge < -0.3 is 9.47 Å². The summed E-state index contributed by atoms with van der Waals surface area (Å²) in [7, 11) is 3.01. The Morgan fingerprint density at radius 3 is 1.21 bits per heavy atom. The number of allylic oxidation sites excluding steroid dienone is 4. The minimum Gasteiger partial charge on any atom is -0.497 e. The molecule has 2 aliphatic carbocycles. The van der Waals surface area contributed by atoms with Gasteiger partial charge in [-0.1, -0.05) is 24.3 Å². The molecule has 204 valence electrons. The molecular weight excluding hydrogens is 558 g/mol. The first-order valence-corrected chi connectivity index (χ1v) is 13.6. The van der Waals surface area contributed by atoms with E-state index in [-0.39, 0.29) is 11.1 Å². The van der Waals surface area contributed by atoms with Crippen molar-refractivity contribution >= 4 is 33.3 Å². The van der Waals surface area contributed by atoms with Crippen LogP contribution in [0.4, 0.5) is 26.3 Å². The van der Waals surface area contributed by atoms with E-state index in [2.05, 4.69) is 0 Å². The molecule has 1 fully saturated rings. The van der Waals surface area contributed by atoms with Crippen molar-refractivity contribution in [2.24, 2.45) is 0 Å². The van der Waals surface area contributed by atoms with Crippen molar-refractivity contribution in [3.63, 3.8) is 0 Å². The first-order valence-electron chi connectivity index (χ1n) is 12.0. The van der Waals surface area contributed by atoms with Gasteiger partial charge in [-0.25, -0.2) is 0 Å². The second-order valence-corrected chi connectivity index (χ2v) is 13.0. The largest absolute Gasteiger partial charge is 0.497 e. The molecule has 2 aliphatic heterocycles. The van der Waals surface area contributed by atoms with E-state index in [1.807, 2.05) is 0 Å². The van der Waals surface area contributed by atoms with Gasteiger partial charge in [-0.05, 0) is 72.5 Å². The predicted molar refractivity (Wildman–Crippen MR) is 143 cm³/mol. The Labute approximate surface area is 229 Å². The molecule has 0 radical (unpaired) electrons. The van der Waals surface area contributed by atoms with E-state index in [0.717, 1.165) is 0 Å². The van der Waals surface area contributed by atoms with Gasteiger partial charge in [0.15, 0.2) is 0 Å². The number of fused-ring (bicyclic) bond motifs is 4. The summed E-state index contributed by atoms with van der Waals surface area (Å²) in [5, 5.41) is 0. The van der Waals surface area contributed by atoms with Gasteiger partial charge in [0.25, 0.3) is 0 Å². The molecule has 2 nitrogen and oxygen atoms in total. The van der Waals surface area contributed by atoms with Crippen molar-refractivity contribution < 1.29 is 35.8 Å². The van der Waals surface area contributed by atoms with E-state index >= 15 is 17.6 Å². The molecule has 2 heterocycles. The summed E-state index contributed by atoms with van der Waals surface area (Å²) in [5.41, 5.74) is -1.64. The van der Waals surface area contributed by atoms with Crippen molar-refractivity contribution in [1.82, 2.24) is 0 Å². The van der Waals surface area contributed by atoms with Crippen molar-refractivity contribution in [3.8, 4) is 11.5 Å². The Morgan fingerprint density at radius 2 is 0.897 bits per heavy atom. The van der Waals surface area contributed by atoms with Crippen LogP contribution in [0.25, 0.3) is 9.81 Å². The van der Waals surface area contributed by atoms with E-state index in [0.29, 0.717) is 32.4 Å². The van der Waals surface area contributed by atoms with E-state index < -0.39 is 38.4 Å². The third kappa shape index (κ3) is 3.21. The number of thioether (sulfide) groups is 2. The summed E-state index contributed by atoms with van der Waals surface area (Å²) >= 11 is 2.45. The standard InChI is InChI=1S/C29H22F6O2S2/c1-25-19(13-21(38-25)15-5-9-17(36-3)10-6-15)23-24(28(32,33)29(34,35)27(23,30)31)20-14-22(39-26(20,25)2)16-7-11-18(37-4)12-8-16/h5-14H,1-4H3. The fourth-order valence-corrected chi connectivity index (χ4v) is 8.85. The Hall–Kier alpha value is -2.72. The number of hydrogen-bond donors (Lipinski definition) is 0. The summed E-state index contributed by atoms with van der Waals surface area (Å²) in [6, 6.07) is 13.6. The van der Waals surface area contributed by atoms with Gasteiger partial charge in [-0.15, -0.1) is 23.5 Å². The highest BCUT2D eigenvalue weighted by molar-refractivity contribution is 8.14. The zero-order valence-corrected chi connectivity index (χ0v) is 22.8. The van der Waals surface area contributed by atoms with Crippen LogP contribution in [0.1, 0.15) is 25.0 Å². The Balaban J connectivity index is 1.60. The summed E-state index contributed by atoms with van der Waals surface area (Å²) < 4.78 is 99.5. The van der Waals surface area contributed by atoms with E-state index in [4.69, 9.17) is 9.47 Å². The van der Waals surface area contributed by atoms with Crippen molar-refractivity contribution in [2.45, 2.75) is 41.1 Å². The van der Waals surface area contributed by atoms with Crippen LogP contribution < -0.4 is 9.47 Å². The highest BCUT2D eigenvalue weighted by Crippen LogP contribution is 2.75. The molecule has 1 saturated carbocycles. The van der Waals surface area contributed by atoms with Crippen LogP contribution in [-0.4, -0.2) is 41.5 Å². The van der Waals surface area contributed by atoms with E-state index in [1.54, 1.807) is 62.4 Å². The normalized spacial score (nSPS) is 29.5. The molecule has 0 amide bonds. The molecular formula is C29H22F6O2S2. The fourth-order valence-electron chi connectivity index (χ4n) is 5.70. The molecule has 2 aromatic carbocycles. The number of halogens is 6. The maximum Gasteiger partial charge on any atom is 0.380 e. The van der Waals surface area contributed by atoms with Crippen LogP contribution >= 0.6 is 23.5 Å². The van der Waals surface area contributed by atoms with Crippen molar-refractivity contribution in [3.05, 3.63) is 94.1 Å². The summed E-state index contributed by atoms with van der Waals surface area (Å²) in [6.45, 7) is 3.35. The summed E-state index contributed by atoms with van der Waals surface area (Å²) in [5.74, 6) is -14.6. The molecule has 2 aromatic rings. The minimum atomic E-state index is -5.58. The Bertz CT molecular complexity index is 1410. The molecule has 39 heavy (non-hydrogen) atoms. The average Bonchev–Trinajstić information content (AvgIpc) is 3.48. The molecule has 10 heteroatoms. The fraction of sp³-hybridized carbons (Fsp3) is 0.310. The van der Waals surface area contributed by atoms with Crippen molar-refractivity contribution in [1.29, 1.82) is 0 Å². The van der Waals surface area contributed by atoms with Crippen molar-refractivity contribution in [2.75, 3.05) is 14.2 Å². The number of ether oxygens (including phenoxy) is 2. The predicted octanol–water partition coefficient (Wildman–Crippen LogP) is 8.62. The molecule has 0 N–H and O–H groups in total. The second kappa shape index (κ2) is 8.16. The lowest BCUT2D eigenvalue weighted by Crippen LogP contribution is -2.48. The Kier molecular flexibility index (Phi) is 5.54. The van der Waals surface area contributed by atoms with Crippen LogP contribution in [0.5, 0.6) is 11.5 Å². The number of hydrogen-bond acceptors (Lipinski definition) is 4. The number of alkyl halides is 6. The maximum absolute atomic E-state index is 15.5. The van der Waals surface area contributed by atoms with E-state index in [9.17, 15) is 8.78 Å². The van der Waals surface area contributed by atoms with Gasteiger partial charge in [-0.2, -0.15) is 26.3 Å². The van der Waals surface area contributed by atoms with Crippen LogP contribution in [0.15, 0.2) is 83.0 Å². The first-order chi connectivity index (χ1) is 18.2. The van der Waals surface area contributed by atoms with Gasteiger partial charge in [0.05, 0.1) is 23.7 Å². The molecule has 0 saturated heterocycles. The monoisotopic (exact) mass is 580 g/mol. The number of benzene rings is 2. The number of rotatable bonds is 4. The third-order valence-corrected chi connectivity index (χ3v) is 11.4. The first kappa shape index (κ1) is 26.5. The van der Waals surface area contributed by atoms with Gasteiger partial charge in [0, 0.05) is 21.0 Å². The van der Waals surface area contributed by atoms with Crippen LogP contribution in [0.2, 0.25) is 0 Å². The number of methoxy groups -OCH3 is 2. The quantitative estimate of drug-likeness (QED) is 0.337. The van der Waals surface area contributed by atoms with Crippen LogP contribution in [0.3, 0.4) is 0 Å². The minimum absolute atomic E-state index is 0.196. The smallest absolute Gasteiger partial charge is 0.380 e. The van der Waals surface area contributed by atoms with Gasteiger partial charge in [-0.3, -0.25) is 0 Å². The lowest BCUT2D eigenvalue weighted by Gasteiger charge is -2.47. The lowest BCUT2D eigenvalue weighted by atomic mass is 9.71. The molecule has 4 aliphatic rings. The highest BCUT2D eigenvalue weighted by Gasteiger charge is 2.84. The molecule has 0 spiro atoms.